The number of fused-ring (bicyclic) bond motifs is 6. The van der Waals surface area contributed by atoms with Crippen LogP contribution in [0.1, 0.15) is 22.3 Å². The lowest BCUT2D eigenvalue weighted by atomic mass is 9.67. The van der Waals surface area contributed by atoms with Gasteiger partial charge in [0.25, 0.3) is 0 Å². The predicted molar refractivity (Wildman–Crippen MR) is 252 cm³/mol. The smallest absolute Gasteiger partial charge is 0.164 e. The molecular weight excluding hydrogens is 755 g/mol. The molecule has 0 fully saturated rings. The highest BCUT2D eigenvalue weighted by atomic mass is 16.3. The van der Waals surface area contributed by atoms with Gasteiger partial charge in [0.1, 0.15) is 11.2 Å². The normalized spacial score (nSPS) is 12.6. The fourth-order valence-electron chi connectivity index (χ4n) is 9.50. The van der Waals surface area contributed by atoms with Gasteiger partial charge in [0.05, 0.1) is 5.41 Å². The highest BCUT2D eigenvalue weighted by molar-refractivity contribution is 6.05. The maximum absolute atomic E-state index is 6.49. The summed E-state index contributed by atoms with van der Waals surface area (Å²) >= 11 is 0. The molecule has 1 aliphatic carbocycles. The van der Waals surface area contributed by atoms with E-state index < -0.39 is 5.41 Å². The number of furan rings is 1. The van der Waals surface area contributed by atoms with Crippen molar-refractivity contribution in [3.8, 4) is 67.5 Å². The van der Waals surface area contributed by atoms with Gasteiger partial charge in [0.15, 0.2) is 17.5 Å². The van der Waals surface area contributed by atoms with E-state index in [-0.39, 0.29) is 0 Å². The Kier molecular flexibility index (Phi) is 8.36. The van der Waals surface area contributed by atoms with Crippen molar-refractivity contribution in [2.24, 2.45) is 0 Å². The molecule has 0 bridgehead atoms. The van der Waals surface area contributed by atoms with Crippen LogP contribution in [-0.2, 0) is 5.41 Å². The van der Waals surface area contributed by atoms with Gasteiger partial charge in [-0.15, -0.1) is 0 Å². The maximum atomic E-state index is 6.49. The van der Waals surface area contributed by atoms with Gasteiger partial charge in [-0.2, -0.15) is 0 Å². The highest BCUT2D eigenvalue weighted by Gasteiger charge is 2.46. The lowest BCUT2D eigenvalue weighted by Crippen LogP contribution is -2.28. The van der Waals surface area contributed by atoms with Gasteiger partial charge >= 0.3 is 0 Å². The molecule has 1 aliphatic rings. The Hall–Kier alpha value is -8.21. The van der Waals surface area contributed by atoms with Crippen LogP contribution in [0.3, 0.4) is 0 Å². The molecule has 0 N–H and O–H groups in total. The third kappa shape index (κ3) is 5.80. The number of nitrogens with zero attached hydrogens (tertiary/aromatic N) is 3. The second-order valence-corrected chi connectivity index (χ2v) is 15.9. The molecule has 0 unspecified atom stereocenters. The summed E-state index contributed by atoms with van der Waals surface area (Å²) in [5.74, 6) is 1.95. The van der Waals surface area contributed by atoms with Gasteiger partial charge in [-0.1, -0.05) is 212 Å². The lowest BCUT2D eigenvalue weighted by Gasteiger charge is -2.34. The standard InChI is InChI=1S/C58H37N3O/c1-3-13-42(14-4-1)55-59-56(43-15-5-2-6-16-43)61-57(60-55)44-29-27-40(28-30-44)38-23-25-39(26-24-38)41-31-33-45(34-32-41)58(51-20-10-7-17-47(51)48-18-8-11-21-52(48)58)46-35-36-50-49-19-9-12-22-53(49)62-54(50)37-46/h1-37H. The second kappa shape index (κ2) is 14.5. The summed E-state index contributed by atoms with van der Waals surface area (Å²) in [6.07, 6.45) is 0. The maximum Gasteiger partial charge on any atom is 0.164 e. The molecule has 11 aromatic rings. The number of para-hydroxylation sites is 1. The summed E-state index contributed by atoms with van der Waals surface area (Å²) in [6, 6.07) is 79.5. The Labute approximate surface area is 359 Å². The molecule has 62 heavy (non-hydrogen) atoms. The van der Waals surface area contributed by atoms with Gasteiger partial charge < -0.3 is 4.42 Å². The van der Waals surface area contributed by atoms with Gasteiger partial charge in [-0.3, -0.25) is 0 Å². The summed E-state index contributed by atoms with van der Waals surface area (Å²) in [6.45, 7) is 0. The third-order valence-corrected chi connectivity index (χ3v) is 12.5. The van der Waals surface area contributed by atoms with Crippen molar-refractivity contribution in [1.29, 1.82) is 0 Å². The van der Waals surface area contributed by atoms with Gasteiger partial charge in [0.2, 0.25) is 0 Å². The van der Waals surface area contributed by atoms with Gasteiger partial charge in [0, 0.05) is 27.5 Å². The number of rotatable bonds is 7. The van der Waals surface area contributed by atoms with Crippen molar-refractivity contribution in [2.75, 3.05) is 0 Å². The minimum absolute atomic E-state index is 0.525. The zero-order chi connectivity index (χ0) is 41.0. The lowest BCUT2D eigenvalue weighted by molar-refractivity contribution is 0.665. The molecule has 12 rings (SSSR count). The molecule has 0 aliphatic heterocycles. The summed E-state index contributed by atoms with van der Waals surface area (Å²) in [5, 5.41) is 2.27. The van der Waals surface area contributed by atoms with Crippen molar-refractivity contribution in [1.82, 2.24) is 15.0 Å². The molecule has 4 nitrogen and oxygen atoms in total. The molecule has 4 heteroatoms. The molecule has 0 spiro atoms. The van der Waals surface area contributed by atoms with Crippen LogP contribution in [0, 0.1) is 0 Å². The predicted octanol–water partition coefficient (Wildman–Crippen LogP) is 14.5. The van der Waals surface area contributed by atoms with E-state index in [1.165, 1.54) is 33.4 Å². The minimum Gasteiger partial charge on any atom is -0.456 e. The van der Waals surface area contributed by atoms with E-state index in [4.69, 9.17) is 19.4 Å². The first-order valence-corrected chi connectivity index (χ1v) is 21.0. The van der Waals surface area contributed by atoms with Crippen LogP contribution in [0.25, 0.3) is 89.5 Å². The zero-order valence-electron chi connectivity index (χ0n) is 33.6. The first kappa shape index (κ1) is 35.7. The Bertz CT molecular complexity index is 3330. The molecular formula is C58H37N3O. The molecule has 0 saturated carbocycles. The average molecular weight is 792 g/mol. The fourth-order valence-corrected chi connectivity index (χ4v) is 9.50. The van der Waals surface area contributed by atoms with E-state index in [0.717, 1.165) is 60.9 Å². The molecule has 290 valence electrons. The number of hydrogen-bond acceptors (Lipinski definition) is 4. The van der Waals surface area contributed by atoms with Crippen LogP contribution in [0.15, 0.2) is 229 Å². The van der Waals surface area contributed by atoms with E-state index in [0.29, 0.717) is 17.5 Å². The van der Waals surface area contributed by atoms with Crippen LogP contribution in [0.2, 0.25) is 0 Å². The molecule has 2 aromatic heterocycles. The highest BCUT2D eigenvalue weighted by Crippen LogP contribution is 2.56. The average Bonchev–Trinajstić information content (AvgIpc) is 3.88. The first-order chi connectivity index (χ1) is 30.7. The Balaban J connectivity index is 0.879. The SMILES string of the molecule is c1ccc(-c2nc(-c3ccccc3)nc(-c3ccc(-c4ccc(-c5ccc(C6(c7ccc8c(c7)oc7ccccc78)c7ccccc7-c7ccccc76)cc5)cc4)cc3)n2)cc1. The molecule has 9 aromatic carbocycles. The molecule has 0 saturated heterocycles. The van der Waals surface area contributed by atoms with Crippen LogP contribution in [-0.4, -0.2) is 15.0 Å². The van der Waals surface area contributed by atoms with Crippen molar-refractivity contribution in [3.63, 3.8) is 0 Å². The second-order valence-electron chi connectivity index (χ2n) is 15.9. The van der Waals surface area contributed by atoms with Crippen molar-refractivity contribution >= 4 is 21.9 Å². The van der Waals surface area contributed by atoms with Crippen LogP contribution in [0.4, 0.5) is 0 Å². The van der Waals surface area contributed by atoms with Gasteiger partial charge in [-0.25, -0.2) is 15.0 Å². The van der Waals surface area contributed by atoms with Crippen LogP contribution in [0.5, 0.6) is 0 Å². The van der Waals surface area contributed by atoms with Gasteiger partial charge in [-0.05, 0) is 67.8 Å². The Morgan fingerprint density at radius 1 is 0.290 bits per heavy atom. The summed E-state index contributed by atoms with van der Waals surface area (Å²) in [4.78, 5) is 14.7. The van der Waals surface area contributed by atoms with E-state index in [9.17, 15) is 0 Å². The summed E-state index contributed by atoms with van der Waals surface area (Å²) in [5.41, 5.74) is 16.2. The topological polar surface area (TPSA) is 51.8 Å². The molecule has 0 amide bonds. The quantitative estimate of drug-likeness (QED) is 0.161. The largest absolute Gasteiger partial charge is 0.456 e. The van der Waals surface area contributed by atoms with Crippen LogP contribution >= 0.6 is 0 Å². The van der Waals surface area contributed by atoms with E-state index in [2.05, 4.69) is 152 Å². The number of hydrogen-bond donors (Lipinski definition) is 0. The van der Waals surface area contributed by atoms with E-state index in [1.54, 1.807) is 0 Å². The minimum atomic E-state index is -0.525. The van der Waals surface area contributed by atoms with Crippen molar-refractivity contribution < 1.29 is 4.42 Å². The van der Waals surface area contributed by atoms with Crippen molar-refractivity contribution in [3.05, 3.63) is 247 Å². The van der Waals surface area contributed by atoms with E-state index in [1.807, 2.05) is 72.8 Å². The third-order valence-electron chi connectivity index (χ3n) is 12.5. The Morgan fingerprint density at radius 3 is 1.21 bits per heavy atom. The fraction of sp³-hybridized carbons (Fsp3) is 0.0172. The Morgan fingerprint density at radius 2 is 0.677 bits per heavy atom. The molecule has 2 heterocycles. The monoisotopic (exact) mass is 791 g/mol. The summed E-state index contributed by atoms with van der Waals surface area (Å²) in [7, 11) is 0. The molecule has 0 radical (unpaired) electrons. The first-order valence-electron chi connectivity index (χ1n) is 21.0. The summed E-state index contributed by atoms with van der Waals surface area (Å²) < 4.78 is 6.49. The van der Waals surface area contributed by atoms with Crippen molar-refractivity contribution in [2.45, 2.75) is 5.41 Å². The number of aromatic nitrogens is 3. The molecule has 0 atom stereocenters. The van der Waals surface area contributed by atoms with E-state index >= 15 is 0 Å². The van der Waals surface area contributed by atoms with Crippen LogP contribution < -0.4 is 0 Å². The zero-order valence-corrected chi connectivity index (χ0v) is 33.6. The number of benzene rings is 9.